The van der Waals surface area contributed by atoms with E-state index in [2.05, 4.69) is 70.0 Å². The highest BCUT2D eigenvalue weighted by molar-refractivity contribution is 7.96. The first-order valence-corrected chi connectivity index (χ1v) is 14.0. The van der Waals surface area contributed by atoms with E-state index >= 15 is 0 Å². The van der Waals surface area contributed by atoms with Gasteiger partial charge in [-0.05, 0) is 60.6 Å². The molecule has 0 saturated heterocycles. The second kappa shape index (κ2) is 19.9. The van der Waals surface area contributed by atoms with Crippen LogP contribution >= 0.6 is 50.5 Å². The largest absolute Gasteiger partial charge is 0.493 e. The fourth-order valence-corrected chi connectivity index (χ4v) is 3.70. The molecule has 0 saturated carbocycles. The van der Waals surface area contributed by atoms with Crippen LogP contribution in [0.4, 0.5) is 0 Å². The fourth-order valence-electron chi connectivity index (χ4n) is 3.13. The Morgan fingerprint density at radius 1 is 1.00 bits per heavy atom. The molecule has 2 aromatic rings. The second-order valence-corrected chi connectivity index (χ2v) is 8.10. The Kier molecular flexibility index (Phi) is 19.0. The van der Waals surface area contributed by atoms with E-state index in [0.29, 0.717) is 12.5 Å². The summed E-state index contributed by atoms with van der Waals surface area (Å²) in [7, 11) is 0. The zero-order chi connectivity index (χ0) is 25.9. The summed E-state index contributed by atoms with van der Waals surface area (Å²) >= 11 is 16.7. The molecular formula is C29H40OS4. The lowest BCUT2D eigenvalue weighted by Gasteiger charge is -2.17. The van der Waals surface area contributed by atoms with E-state index in [9.17, 15) is 0 Å². The standard InChI is InChI=1S/C27H32OS2.2CH4S/c1-5-11-21(12-6-2)17-18-28-25-16-15-23(20(4)7-3)19-24(25)27(30)26(29)22-13-9-8-10-14-22;2*1-2/h5-6,8-16,19-20,29-30H,1,7,17-18H2,2-4H3;2*2H,1H3/b12-6-,21-11+,27-26-;;. The lowest BCUT2D eigenvalue weighted by Crippen LogP contribution is -2.02. The van der Waals surface area contributed by atoms with Gasteiger partial charge < -0.3 is 4.74 Å². The molecule has 0 radical (unpaired) electrons. The molecule has 1 nitrogen and oxygen atoms in total. The minimum Gasteiger partial charge on any atom is -0.493 e. The number of allylic oxidation sites excluding steroid dienone is 4. The highest BCUT2D eigenvalue weighted by Crippen LogP contribution is 2.38. The first-order chi connectivity index (χ1) is 16.5. The van der Waals surface area contributed by atoms with E-state index in [1.165, 1.54) is 11.1 Å². The summed E-state index contributed by atoms with van der Waals surface area (Å²) in [5, 5.41) is 0. The third kappa shape index (κ3) is 10.9. The fraction of sp³-hybridized carbons (Fsp3) is 0.310. The molecular weight excluding hydrogens is 493 g/mol. The van der Waals surface area contributed by atoms with Gasteiger partial charge in [-0.3, -0.25) is 0 Å². The van der Waals surface area contributed by atoms with Gasteiger partial charge in [0.05, 0.1) is 6.61 Å². The molecule has 186 valence electrons. The molecule has 0 fully saturated rings. The third-order valence-corrected chi connectivity index (χ3v) is 6.20. The lowest BCUT2D eigenvalue weighted by molar-refractivity contribution is 0.322. The molecule has 0 spiro atoms. The van der Waals surface area contributed by atoms with Crippen molar-refractivity contribution in [1.82, 2.24) is 0 Å². The van der Waals surface area contributed by atoms with Crippen molar-refractivity contribution in [3.63, 3.8) is 0 Å². The van der Waals surface area contributed by atoms with E-state index in [0.717, 1.165) is 39.5 Å². The van der Waals surface area contributed by atoms with E-state index < -0.39 is 0 Å². The van der Waals surface area contributed by atoms with Crippen molar-refractivity contribution in [2.24, 2.45) is 0 Å². The Bertz CT molecular complexity index is 930. The molecule has 34 heavy (non-hydrogen) atoms. The lowest BCUT2D eigenvalue weighted by atomic mass is 9.96. The summed E-state index contributed by atoms with van der Waals surface area (Å²) < 4.78 is 6.21. The quantitative estimate of drug-likeness (QED) is 0.135. The van der Waals surface area contributed by atoms with E-state index in [1.54, 1.807) is 12.5 Å². The predicted octanol–water partition coefficient (Wildman–Crippen LogP) is 9.43. The van der Waals surface area contributed by atoms with E-state index in [4.69, 9.17) is 30.0 Å². The number of benzene rings is 2. The molecule has 0 aliphatic carbocycles. The summed E-state index contributed by atoms with van der Waals surface area (Å²) in [5.41, 5.74) is 4.48. The first-order valence-electron chi connectivity index (χ1n) is 11.3. The van der Waals surface area contributed by atoms with Gasteiger partial charge in [-0.25, -0.2) is 0 Å². The number of rotatable bonds is 10. The van der Waals surface area contributed by atoms with Gasteiger partial charge in [0.1, 0.15) is 5.75 Å². The maximum Gasteiger partial charge on any atom is 0.127 e. The Labute approximate surface area is 230 Å². The zero-order valence-electron chi connectivity index (χ0n) is 21.0. The molecule has 5 heteroatoms. The minimum absolute atomic E-state index is 0.468. The van der Waals surface area contributed by atoms with Crippen LogP contribution in [0.1, 0.15) is 56.2 Å². The molecule has 1 unspecified atom stereocenters. The number of hydrogen-bond donors (Lipinski definition) is 4. The Morgan fingerprint density at radius 3 is 2.21 bits per heavy atom. The van der Waals surface area contributed by atoms with Crippen LogP contribution in [-0.4, -0.2) is 19.1 Å². The summed E-state index contributed by atoms with van der Waals surface area (Å²) in [6, 6.07) is 16.5. The number of hydrogen-bond acceptors (Lipinski definition) is 5. The third-order valence-electron chi connectivity index (χ3n) is 5.07. The Morgan fingerprint density at radius 2 is 1.65 bits per heavy atom. The van der Waals surface area contributed by atoms with Gasteiger partial charge in [-0.15, -0.1) is 25.3 Å². The highest BCUT2D eigenvalue weighted by Gasteiger charge is 2.14. The number of thiol groups is 4. The van der Waals surface area contributed by atoms with Crippen LogP contribution in [-0.2, 0) is 0 Å². The topological polar surface area (TPSA) is 9.23 Å². The first kappa shape index (κ1) is 32.6. The summed E-state index contributed by atoms with van der Waals surface area (Å²) in [5.74, 6) is 1.30. The molecule has 2 aromatic carbocycles. The van der Waals surface area contributed by atoms with Crippen LogP contribution in [0.3, 0.4) is 0 Å². The Hall–Kier alpha value is -1.40. The van der Waals surface area contributed by atoms with E-state index in [1.807, 2.05) is 55.5 Å². The molecule has 2 rings (SSSR count). The van der Waals surface area contributed by atoms with Crippen LogP contribution in [0, 0.1) is 0 Å². The van der Waals surface area contributed by atoms with Crippen molar-refractivity contribution >= 4 is 60.3 Å². The van der Waals surface area contributed by atoms with Gasteiger partial charge >= 0.3 is 0 Å². The van der Waals surface area contributed by atoms with Gasteiger partial charge in [-0.2, -0.15) is 25.3 Å². The predicted molar refractivity (Wildman–Crippen MR) is 169 cm³/mol. The van der Waals surface area contributed by atoms with Crippen LogP contribution in [0.25, 0.3) is 9.81 Å². The maximum absolute atomic E-state index is 6.21. The van der Waals surface area contributed by atoms with Gasteiger partial charge in [0.15, 0.2) is 0 Å². The van der Waals surface area contributed by atoms with Crippen molar-refractivity contribution in [1.29, 1.82) is 0 Å². The maximum atomic E-state index is 6.21. The molecule has 0 N–H and O–H groups in total. The summed E-state index contributed by atoms with van der Waals surface area (Å²) in [4.78, 5) is 1.66. The number of ether oxygens (including phenoxy) is 1. The van der Waals surface area contributed by atoms with Crippen molar-refractivity contribution in [3.8, 4) is 5.75 Å². The van der Waals surface area contributed by atoms with Crippen LogP contribution in [0.5, 0.6) is 5.75 Å². The SMILES string of the molecule is C=C/C=C(\C=C/C)CCOc1ccc(C(C)CC)cc1/C(S)=C(/S)c1ccccc1.CS.CS. The van der Waals surface area contributed by atoms with E-state index in [-0.39, 0.29) is 0 Å². The average Bonchev–Trinajstić information content (AvgIpc) is 2.90. The minimum atomic E-state index is 0.468. The summed E-state index contributed by atoms with van der Waals surface area (Å²) in [6.07, 6.45) is 13.2. The van der Waals surface area contributed by atoms with Crippen molar-refractivity contribution in [3.05, 3.63) is 102 Å². The van der Waals surface area contributed by atoms with Gasteiger partial charge in [0, 0.05) is 21.8 Å². The normalized spacial score (nSPS) is 12.6. The van der Waals surface area contributed by atoms with Crippen molar-refractivity contribution in [2.75, 3.05) is 19.1 Å². The molecule has 0 aromatic heterocycles. The average molecular weight is 533 g/mol. The van der Waals surface area contributed by atoms with Crippen molar-refractivity contribution < 1.29 is 4.74 Å². The van der Waals surface area contributed by atoms with Crippen molar-refractivity contribution in [2.45, 2.75) is 39.5 Å². The van der Waals surface area contributed by atoms with Gasteiger partial charge in [0.25, 0.3) is 0 Å². The second-order valence-electron chi connectivity index (χ2n) is 7.20. The van der Waals surface area contributed by atoms with Gasteiger partial charge in [0.2, 0.25) is 0 Å². The highest BCUT2D eigenvalue weighted by atomic mass is 32.1. The molecule has 0 amide bonds. The molecule has 0 aliphatic heterocycles. The smallest absolute Gasteiger partial charge is 0.127 e. The van der Waals surface area contributed by atoms with Crippen LogP contribution in [0.15, 0.2) is 85.0 Å². The monoisotopic (exact) mass is 532 g/mol. The Balaban J connectivity index is 0.00000258. The van der Waals surface area contributed by atoms with Gasteiger partial charge in [-0.1, -0.05) is 81.1 Å². The summed E-state index contributed by atoms with van der Waals surface area (Å²) in [6.45, 7) is 10.8. The zero-order valence-corrected chi connectivity index (χ0v) is 24.6. The molecule has 0 aliphatic rings. The van der Waals surface area contributed by atoms with Crippen LogP contribution < -0.4 is 4.74 Å². The molecule has 1 atom stereocenters. The molecule has 0 heterocycles. The van der Waals surface area contributed by atoms with Crippen LogP contribution in [0.2, 0.25) is 0 Å². The molecule has 0 bridgehead atoms.